The fourth-order valence-electron chi connectivity index (χ4n) is 5.36. The van der Waals surface area contributed by atoms with Gasteiger partial charge in [-0.2, -0.15) is 0 Å². The number of piperidine rings is 1. The summed E-state index contributed by atoms with van der Waals surface area (Å²) in [5, 5.41) is 0. The summed E-state index contributed by atoms with van der Waals surface area (Å²) >= 11 is 0. The van der Waals surface area contributed by atoms with Gasteiger partial charge in [-0.25, -0.2) is 0 Å². The Hall–Kier alpha value is -0.340. The molecule has 1 saturated heterocycles. The Kier molecular flexibility index (Phi) is 6.82. The van der Waals surface area contributed by atoms with E-state index in [2.05, 4.69) is 71.3 Å². The van der Waals surface area contributed by atoms with E-state index in [1.165, 1.54) is 45.3 Å². The fourth-order valence-corrected chi connectivity index (χ4v) is 5.36. The van der Waals surface area contributed by atoms with Gasteiger partial charge in [-0.1, -0.05) is 39.3 Å². The van der Waals surface area contributed by atoms with Crippen LogP contribution in [0.2, 0.25) is 0 Å². The molecule has 2 aliphatic rings. The molecule has 0 aromatic carbocycles. The maximum atomic E-state index is 2.65. The highest BCUT2D eigenvalue weighted by Crippen LogP contribution is 2.47. The van der Waals surface area contributed by atoms with Crippen LogP contribution in [0.25, 0.3) is 0 Å². The van der Waals surface area contributed by atoms with Crippen LogP contribution in [0.5, 0.6) is 0 Å². The van der Waals surface area contributed by atoms with Crippen LogP contribution in [0, 0.1) is 16.7 Å². The van der Waals surface area contributed by atoms with Gasteiger partial charge >= 0.3 is 0 Å². The lowest BCUT2D eigenvalue weighted by Crippen LogP contribution is -2.43. The average molecular weight is 349 g/mol. The molecule has 0 saturated carbocycles. The molecule has 0 N–H and O–H groups in total. The van der Waals surface area contributed by atoms with Crippen molar-refractivity contribution in [3.05, 3.63) is 11.6 Å². The summed E-state index contributed by atoms with van der Waals surface area (Å²) in [7, 11) is 0. The normalized spacial score (nSPS) is 22.7. The van der Waals surface area contributed by atoms with Crippen molar-refractivity contribution in [2.75, 3.05) is 26.2 Å². The standard InChI is InChI=1S/C23H44N2/c1-18(2)24-13-9-20(10-14-24)22(5,6)17-23(7,8)21-11-15-25(16-12-21)19(3)4/h9,18-19,21H,10-17H2,1-8H3. The maximum Gasteiger partial charge on any atom is 0.0168 e. The van der Waals surface area contributed by atoms with E-state index in [-0.39, 0.29) is 0 Å². The van der Waals surface area contributed by atoms with Crippen molar-refractivity contribution in [3.8, 4) is 0 Å². The fraction of sp³-hybridized carbons (Fsp3) is 0.913. The van der Waals surface area contributed by atoms with Crippen LogP contribution in [0.3, 0.4) is 0 Å². The molecule has 0 atom stereocenters. The number of likely N-dealkylation sites (tertiary alicyclic amines) is 1. The highest BCUT2D eigenvalue weighted by molar-refractivity contribution is 5.17. The molecule has 0 aromatic heterocycles. The van der Waals surface area contributed by atoms with Crippen LogP contribution in [0.1, 0.15) is 81.1 Å². The molecule has 2 nitrogen and oxygen atoms in total. The smallest absolute Gasteiger partial charge is 0.0168 e. The van der Waals surface area contributed by atoms with Gasteiger partial charge in [0.25, 0.3) is 0 Å². The van der Waals surface area contributed by atoms with Gasteiger partial charge in [-0.15, -0.1) is 0 Å². The third kappa shape index (κ3) is 5.32. The molecular weight excluding hydrogens is 304 g/mol. The Balaban J connectivity index is 1.97. The zero-order valence-corrected chi connectivity index (χ0v) is 18.4. The third-order valence-electron chi connectivity index (χ3n) is 7.10. The first-order valence-corrected chi connectivity index (χ1v) is 10.7. The Morgan fingerprint density at radius 1 is 0.920 bits per heavy atom. The first-order valence-electron chi connectivity index (χ1n) is 10.7. The van der Waals surface area contributed by atoms with Crippen LogP contribution in [-0.2, 0) is 0 Å². The summed E-state index contributed by atoms with van der Waals surface area (Å²) in [5.41, 5.74) is 2.47. The molecule has 0 unspecified atom stereocenters. The first-order chi connectivity index (χ1) is 11.5. The van der Waals surface area contributed by atoms with Gasteiger partial charge in [-0.05, 0) is 83.2 Å². The number of nitrogens with zero attached hydrogens (tertiary/aromatic N) is 2. The molecule has 2 rings (SSSR count). The zero-order chi connectivity index (χ0) is 18.8. The van der Waals surface area contributed by atoms with Gasteiger partial charge in [0.05, 0.1) is 0 Å². The van der Waals surface area contributed by atoms with Crippen molar-refractivity contribution in [1.29, 1.82) is 0 Å². The summed E-state index contributed by atoms with van der Waals surface area (Å²) in [6.07, 6.45) is 7.87. The van der Waals surface area contributed by atoms with Crippen molar-refractivity contribution in [1.82, 2.24) is 9.80 Å². The predicted molar refractivity (Wildman–Crippen MR) is 111 cm³/mol. The Morgan fingerprint density at radius 3 is 1.92 bits per heavy atom. The molecule has 25 heavy (non-hydrogen) atoms. The molecule has 0 bridgehead atoms. The van der Waals surface area contributed by atoms with Gasteiger partial charge in [0.15, 0.2) is 0 Å². The molecule has 2 heteroatoms. The molecule has 2 aliphatic heterocycles. The molecule has 0 amide bonds. The summed E-state index contributed by atoms with van der Waals surface area (Å²) in [4.78, 5) is 5.24. The van der Waals surface area contributed by atoms with E-state index >= 15 is 0 Å². The van der Waals surface area contributed by atoms with E-state index in [9.17, 15) is 0 Å². The first kappa shape index (κ1) is 21.0. The minimum absolute atomic E-state index is 0.335. The Bertz CT molecular complexity index is 451. The highest BCUT2D eigenvalue weighted by atomic mass is 15.2. The summed E-state index contributed by atoms with van der Waals surface area (Å²) in [6.45, 7) is 24.3. The molecule has 2 heterocycles. The Labute approximate surface area is 158 Å². The van der Waals surface area contributed by atoms with Crippen LogP contribution >= 0.6 is 0 Å². The lowest BCUT2D eigenvalue weighted by molar-refractivity contribution is 0.0573. The second-order valence-corrected chi connectivity index (χ2v) is 10.5. The average Bonchev–Trinajstić information content (AvgIpc) is 2.54. The molecule has 0 aliphatic carbocycles. The van der Waals surface area contributed by atoms with E-state index in [0.29, 0.717) is 22.9 Å². The van der Waals surface area contributed by atoms with Gasteiger partial charge in [-0.3, -0.25) is 4.90 Å². The minimum Gasteiger partial charge on any atom is -0.301 e. The van der Waals surface area contributed by atoms with Crippen LogP contribution < -0.4 is 0 Å². The van der Waals surface area contributed by atoms with E-state index < -0.39 is 0 Å². The molecule has 0 radical (unpaired) electrons. The number of hydrogen-bond acceptors (Lipinski definition) is 2. The van der Waals surface area contributed by atoms with Gasteiger partial charge < -0.3 is 4.90 Å². The maximum absolute atomic E-state index is 2.65. The lowest BCUT2D eigenvalue weighted by atomic mass is 9.63. The quantitative estimate of drug-likeness (QED) is 0.577. The van der Waals surface area contributed by atoms with Crippen LogP contribution in [0.15, 0.2) is 11.6 Å². The minimum atomic E-state index is 0.335. The lowest BCUT2D eigenvalue weighted by Gasteiger charge is -2.46. The Morgan fingerprint density at radius 2 is 1.48 bits per heavy atom. The van der Waals surface area contributed by atoms with Crippen molar-refractivity contribution in [2.24, 2.45) is 16.7 Å². The zero-order valence-electron chi connectivity index (χ0n) is 18.4. The van der Waals surface area contributed by atoms with E-state index in [1.807, 2.05) is 0 Å². The second-order valence-electron chi connectivity index (χ2n) is 10.5. The van der Waals surface area contributed by atoms with Gasteiger partial charge in [0.1, 0.15) is 0 Å². The summed E-state index contributed by atoms with van der Waals surface area (Å²) in [5.74, 6) is 0.873. The van der Waals surface area contributed by atoms with Gasteiger partial charge in [0, 0.05) is 25.2 Å². The van der Waals surface area contributed by atoms with Crippen LogP contribution in [-0.4, -0.2) is 48.1 Å². The van der Waals surface area contributed by atoms with Crippen molar-refractivity contribution < 1.29 is 0 Å². The predicted octanol–water partition coefficient (Wildman–Crippen LogP) is 5.59. The number of rotatable bonds is 6. The van der Waals surface area contributed by atoms with Crippen LogP contribution in [0.4, 0.5) is 0 Å². The molecule has 0 spiro atoms. The molecular formula is C23H44N2. The number of hydrogen-bond donors (Lipinski definition) is 0. The monoisotopic (exact) mass is 348 g/mol. The van der Waals surface area contributed by atoms with E-state index in [4.69, 9.17) is 0 Å². The topological polar surface area (TPSA) is 6.48 Å². The van der Waals surface area contributed by atoms with Crippen molar-refractivity contribution in [3.63, 3.8) is 0 Å². The second kappa shape index (κ2) is 8.13. The highest BCUT2D eigenvalue weighted by Gasteiger charge is 2.39. The summed E-state index contributed by atoms with van der Waals surface area (Å²) < 4.78 is 0. The van der Waals surface area contributed by atoms with E-state index in [1.54, 1.807) is 5.57 Å². The largest absolute Gasteiger partial charge is 0.301 e. The molecule has 1 fully saturated rings. The molecule has 146 valence electrons. The summed E-state index contributed by atoms with van der Waals surface area (Å²) in [6, 6.07) is 1.38. The van der Waals surface area contributed by atoms with Crippen molar-refractivity contribution in [2.45, 2.75) is 93.2 Å². The van der Waals surface area contributed by atoms with Crippen molar-refractivity contribution >= 4 is 0 Å². The molecule has 0 aromatic rings. The third-order valence-corrected chi connectivity index (χ3v) is 7.10. The van der Waals surface area contributed by atoms with E-state index in [0.717, 1.165) is 12.5 Å². The SMILES string of the molecule is CC(C)N1CC=C(C(C)(C)CC(C)(C)C2CCN(C(C)C)CC2)CC1. The van der Waals surface area contributed by atoms with Gasteiger partial charge in [0.2, 0.25) is 0 Å².